The number of rotatable bonds is 7. The van der Waals surface area contributed by atoms with Crippen LogP contribution in [0.15, 0.2) is 30.3 Å². The van der Waals surface area contributed by atoms with Gasteiger partial charge in [-0.25, -0.2) is 0 Å². The molecule has 1 heterocycles. The predicted molar refractivity (Wildman–Crippen MR) is 98.1 cm³/mol. The molecular weight excluding hydrogens is 340 g/mol. The van der Waals surface area contributed by atoms with Gasteiger partial charge in [0.2, 0.25) is 11.7 Å². The molecule has 3 rings (SSSR count). The van der Waals surface area contributed by atoms with Crippen LogP contribution in [0.3, 0.4) is 0 Å². The van der Waals surface area contributed by atoms with Crippen LogP contribution < -0.4 is 11.1 Å². The molecule has 1 amide bonds. The van der Waals surface area contributed by atoms with Crippen molar-refractivity contribution in [1.29, 1.82) is 0 Å². The highest BCUT2D eigenvalue weighted by atomic mass is 35.5. The zero-order chi connectivity index (χ0) is 17.1. The third-order valence-electron chi connectivity index (χ3n) is 4.38. The van der Waals surface area contributed by atoms with Gasteiger partial charge in [0, 0.05) is 18.2 Å². The minimum Gasteiger partial charge on any atom is -0.350 e. The van der Waals surface area contributed by atoms with Crippen molar-refractivity contribution < 1.29 is 4.79 Å². The van der Waals surface area contributed by atoms with Crippen LogP contribution in [0, 0.1) is 11.8 Å². The van der Waals surface area contributed by atoms with Gasteiger partial charge in [0.15, 0.2) is 6.04 Å². The fourth-order valence-electron chi connectivity index (χ4n) is 2.86. The molecule has 0 saturated heterocycles. The monoisotopic (exact) mass is 364 g/mol. The van der Waals surface area contributed by atoms with Crippen molar-refractivity contribution >= 4 is 18.3 Å². The maximum atomic E-state index is 12.7. The van der Waals surface area contributed by atoms with E-state index in [1.165, 1.54) is 4.80 Å². The van der Waals surface area contributed by atoms with Crippen molar-refractivity contribution in [1.82, 2.24) is 25.5 Å². The van der Waals surface area contributed by atoms with Gasteiger partial charge in [-0.2, -0.15) is 4.80 Å². The predicted octanol–water partition coefficient (Wildman–Crippen LogP) is 1.81. The molecule has 8 heteroatoms. The largest absolute Gasteiger partial charge is 0.350 e. The first-order valence-electron chi connectivity index (χ1n) is 8.45. The maximum absolute atomic E-state index is 12.7. The summed E-state index contributed by atoms with van der Waals surface area (Å²) in [6.07, 6.45) is 2.27. The van der Waals surface area contributed by atoms with E-state index >= 15 is 0 Å². The molecule has 136 valence electrons. The van der Waals surface area contributed by atoms with Gasteiger partial charge >= 0.3 is 0 Å². The molecule has 1 fully saturated rings. The quantitative estimate of drug-likeness (QED) is 0.780. The Bertz CT molecular complexity index is 685. The molecule has 1 aliphatic rings. The van der Waals surface area contributed by atoms with E-state index in [1.54, 1.807) is 0 Å². The van der Waals surface area contributed by atoms with E-state index in [2.05, 4.69) is 20.7 Å². The molecule has 1 aliphatic carbocycles. The molecule has 1 saturated carbocycles. The number of carbonyl (C=O) groups excluding carboxylic acids is 1. The second-order valence-electron chi connectivity index (χ2n) is 6.68. The van der Waals surface area contributed by atoms with Gasteiger partial charge in [-0.15, -0.1) is 22.6 Å². The summed E-state index contributed by atoms with van der Waals surface area (Å²) in [5.41, 5.74) is 6.67. The third kappa shape index (κ3) is 4.55. The molecule has 1 aromatic carbocycles. The lowest BCUT2D eigenvalue weighted by Crippen LogP contribution is -2.46. The normalized spacial score (nSPS) is 16.2. The van der Waals surface area contributed by atoms with Gasteiger partial charge in [0.05, 0.1) is 0 Å². The lowest BCUT2D eigenvalue weighted by molar-refractivity contribution is -0.127. The van der Waals surface area contributed by atoms with Crippen LogP contribution in [0.5, 0.6) is 0 Å². The number of aromatic nitrogens is 4. The molecule has 2 aromatic rings. The molecule has 0 radical (unpaired) electrons. The summed E-state index contributed by atoms with van der Waals surface area (Å²) in [6, 6.07) is 9.16. The molecule has 0 bridgehead atoms. The molecule has 7 nitrogen and oxygen atoms in total. The summed E-state index contributed by atoms with van der Waals surface area (Å²) < 4.78 is 0. The van der Waals surface area contributed by atoms with Gasteiger partial charge in [0.1, 0.15) is 0 Å². The number of benzene rings is 1. The summed E-state index contributed by atoms with van der Waals surface area (Å²) in [5.74, 6) is 0.978. The Morgan fingerprint density at radius 1 is 1.32 bits per heavy atom. The van der Waals surface area contributed by atoms with Crippen molar-refractivity contribution in [2.75, 3.05) is 6.54 Å². The highest BCUT2D eigenvalue weighted by molar-refractivity contribution is 5.85. The Kier molecular flexibility index (Phi) is 6.50. The second-order valence-corrected chi connectivity index (χ2v) is 6.68. The molecule has 1 aromatic heterocycles. The standard InChI is InChI=1S/C17H24N6O.ClH/c1-11(2)15(17(24)19-14(10-18)12-8-9-12)23-21-16(20-22-23)13-6-4-3-5-7-13;/h3-7,11-12,14-15H,8-10,18H2,1-2H3,(H,19,24);1H. The van der Waals surface area contributed by atoms with Crippen molar-refractivity contribution in [3.05, 3.63) is 30.3 Å². The van der Waals surface area contributed by atoms with Crippen molar-refractivity contribution in [3.8, 4) is 11.4 Å². The summed E-state index contributed by atoms with van der Waals surface area (Å²) in [4.78, 5) is 14.2. The van der Waals surface area contributed by atoms with Crippen molar-refractivity contribution in [2.24, 2.45) is 17.6 Å². The van der Waals surface area contributed by atoms with Crippen molar-refractivity contribution in [3.63, 3.8) is 0 Å². The summed E-state index contributed by atoms with van der Waals surface area (Å²) in [6.45, 7) is 4.41. The average molecular weight is 365 g/mol. The van der Waals surface area contributed by atoms with Crippen LogP contribution >= 0.6 is 12.4 Å². The SMILES string of the molecule is CC(C)C(C(=O)NC(CN)C1CC1)n1nnc(-c2ccccc2)n1.Cl. The van der Waals surface area contributed by atoms with Gasteiger partial charge in [-0.05, 0) is 29.9 Å². The average Bonchev–Trinajstić information content (AvgIpc) is 3.31. The number of halogens is 1. The number of tetrazole rings is 1. The number of nitrogens with two attached hydrogens (primary N) is 1. The van der Waals surface area contributed by atoms with Crippen LogP contribution in [0.1, 0.15) is 32.7 Å². The smallest absolute Gasteiger partial charge is 0.247 e. The number of hydrogen-bond acceptors (Lipinski definition) is 5. The summed E-state index contributed by atoms with van der Waals surface area (Å²) >= 11 is 0. The number of carbonyl (C=O) groups is 1. The molecule has 0 spiro atoms. The Morgan fingerprint density at radius 3 is 2.56 bits per heavy atom. The lowest BCUT2D eigenvalue weighted by Gasteiger charge is -2.23. The number of amides is 1. The number of hydrogen-bond donors (Lipinski definition) is 2. The van der Waals surface area contributed by atoms with Gasteiger partial charge < -0.3 is 11.1 Å². The van der Waals surface area contributed by atoms with Crippen LogP contribution in [0.4, 0.5) is 0 Å². The molecule has 3 N–H and O–H groups in total. The van der Waals surface area contributed by atoms with Crippen LogP contribution in [0.25, 0.3) is 11.4 Å². The molecule has 2 unspecified atom stereocenters. The van der Waals surface area contributed by atoms with Gasteiger partial charge in [-0.3, -0.25) is 4.79 Å². The first-order chi connectivity index (χ1) is 11.6. The Morgan fingerprint density at radius 2 is 2.00 bits per heavy atom. The van der Waals surface area contributed by atoms with Gasteiger partial charge in [-0.1, -0.05) is 44.2 Å². The van der Waals surface area contributed by atoms with E-state index in [4.69, 9.17) is 5.73 Å². The molecular formula is C17H25ClN6O. The molecule has 25 heavy (non-hydrogen) atoms. The van der Waals surface area contributed by atoms with E-state index in [9.17, 15) is 4.79 Å². The zero-order valence-corrected chi connectivity index (χ0v) is 15.3. The number of nitrogens with one attached hydrogen (secondary N) is 1. The topological polar surface area (TPSA) is 98.7 Å². The van der Waals surface area contributed by atoms with Crippen LogP contribution in [-0.4, -0.2) is 38.7 Å². The Balaban J connectivity index is 0.00000225. The van der Waals surface area contributed by atoms with E-state index in [-0.39, 0.29) is 30.3 Å². The minimum atomic E-state index is -0.497. The zero-order valence-electron chi connectivity index (χ0n) is 14.5. The third-order valence-corrected chi connectivity index (χ3v) is 4.38. The van der Waals surface area contributed by atoms with E-state index in [0.717, 1.165) is 18.4 Å². The van der Waals surface area contributed by atoms with E-state index in [1.807, 2.05) is 44.2 Å². The van der Waals surface area contributed by atoms with Crippen LogP contribution in [-0.2, 0) is 4.79 Å². The molecule has 2 atom stereocenters. The van der Waals surface area contributed by atoms with E-state index < -0.39 is 6.04 Å². The first-order valence-corrected chi connectivity index (χ1v) is 8.45. The number of nitrogens with zero attached hydrogens (tertiary/aromatic N) is 4. The lowest BCUT2D eigenvalue weighted by atomic mass is 10.0. The second kappa shape index (κ2) is 8.40. The van der Waals surface area contributed by atoms with Crippen LogP contribution in [0.2, 0.25) is 0 Å². The summed E-state index contributed by atoms with van der Waals surface area (Å²) in [7, 11) is 0. The van der Waals surface area contributed by atoms with Crippen molar-refractivity contribution in [2.45, 2.75) is 38.8 Å². The fraction of sp³-hybridized carbons (Fsp3) is 0.529. The summed E-state index contributed by atoms with van der Waals surface area (Å²) in [5, 5.41) is 15.7. The highest BCUT2D eigenvalue weighted by Gasteiger charge is 2.34. The molecule has 0 aliphatic heterocycles. The first kappa shape index (κ1) is 19.3. The Hall–Kier alpha value is -1.99. The highest BCUT2D eigenvalue weighted by Crippen LogP contribution is 2.32. The fourth-order valence-corrected chi connectivity index (χ4v) is 2.86. The van der Waals surface area contributed by atoms with E-state index in [0.29, 0.717) is 18.3 Å². The Labute approximate surface area is 153 Å². The maximum Gasteiger partial charge on any atom is 0.247 e. The minimum absolute atomic E-state index is 0. The van der Waals surface area contributed by atoms with Gasteiger partial charge in [0.25, 0.3) is 0 Å².